The lowest BCUT2D eigenvalue weighted by molar-refractivity contribution is -0.410. The first kappa shape index (κ1) is 14.0. The molecular formula is C17H17N4O+. The number of aliphatic imine (C=N–C) groups is 1. The van der Waals surface area contributed by atoms with E-state index in [0.29, 0.717) is 12.5 Å². The number of nitrogens with two attached hydrogens (primary N) is 1. The van der Waals surface area contributed by atoms with Crippen molar-refractivity contribution in [3.05, 3.63) is 65.7 Å². The second-order valence-electron chi connectivity index (χ2n) is 4.82. The highest BCUT2D eigenvalue weighted by Gasteiger charge is 2.24. The van der Waals surface area contributed by atoms with Crippen LogP contribution in [-0.2, 0) is 0 Å². The molecule has 5 nitrogen and oxygen atoms in total. The summed E-state index contributed by atoms with van der Waals surface area (Å²) in [5.41, 5.74) is 8.95. The molecule has 0 saturated heterocycles. The highest BCUT2D eigenvalue weighted by Crippen LogP contribution is 2.10. The maximum atomic E-state index is 5.94. The Labute approximate surface area is 129 Å². The minimum absolute atomic E-state index is 0.406. The van der Waals surface area contributed by atoms with Gasteiger partial charge in [0.15, 0.2) is 12.3 Å². The zero-order chi connectivity index (χ0) is 15.4. The SMILES string of the molecule is COc1ccc(/C=N/[N+]2=C(c3ccccc3)CN=C2N)cc1. The largest absolute Gasteiger partial charge is 0.497 e. The van der Waals surface area contributed by atoms with E-state index in [4.69, 9.17) is 10.5 Å². The molecule has 1 aliphatic heterocycles. The van der Waals surface area contributed by atoms with Crippen LogP contribution in [0.25, 0.3) is 0 Å². The summed E-state index contributed by atoms with van der Waals surface area (Å²) in [5.74, 6) is 1.22. The summed E-state index contributed by atoms with van der Waals surface area (Å²) in [5, 5.41) is 4.46. The van der Waals surface area contributed by atoms with Gasteiger partial charge in [0.1, 0.15) is 5.75 Å². The standard InChI is InChI=1S/C17H17N4O/c1-22-15-9-7-13(8-10-15)11-20-21-16(12-19-17(21)18)14-5-3-2-4-6-14/h2-11H,12H2,1H3,(H2,18,19)/q+1/b20-11+. The molecule has 1 heterocycles. The fourth-order valence-corrected chi connectivity index (χ4v) is 2.22. The fraction of sp³-hybridized carbons (Fsp3) is 0.118. The minimum atomic E-state index is 0.406. The van der Waals surface area contributed by atoms with Crippen LogP contribution in [0.15, 0.2) is 64.7 Å². The average molecular weight is 293 g/mol. The summed E-state index contributed by atoms with van der Waals surface area (Å²) in [6.07, 6.45) is 1.76. The van der Waals surface area contributed by atoms with Gasteiger partial charge in [-0.25, -0.2) is 0 Å². The van der Waals surface area contributed by atoms with Crippen LogP contribution in [0, 0.1) is 0 Å². The molecule has 0 fully saturated rings. The number of hydrogen-bond acceptors (Lipinski definition) is 4. The molecule has 110 valence electrons. The number of guanidine groups is 1. The Morgan fingerprint density at radius 3 is 2.55 bits per heavy atom. The second-order valence-corrected chi connectivity index (χ2v) is 4.82. The molecule has 0 aromatic heterocycles. The number of rotatable bonds is 4. The van der Waals surface area contributed by atoms with E-state index in [9.17, 15) is 0 Å². The van der Waals surface area contributed by atoms with Crippen molar-refractivity contribution in [2.24, 2.45) is 15.8 Å². The molecule has 5 heteroatoms. The minimum Gasteiger partial charge on any atom is -0.497 e. The van der Waals surface area contributed by atoms with Crippen LogP contribution < -0.4 is 10.5 Å². The molecular weight excluding hydrogens is 276 g/mol. The Hall–Kier alpha value is -2.95. The lowest BCUT2D eigenvalue weighted by Crippen LogP contribution is -2.26. The maximum Gasteiger partial charge on any atom is 0.409 e. The van der Waals surface area contributed by atoms with E-state index in [1.807, 2.05) is 54.6 Å². The molecule has 0 saturated carbocycles. The van der Waals surface area contributed by atoms with Crippen molar-refractivity contribution in [2.45, 2.75) is 0 Å². The van der Waals surface area contributed by atoms with Gasteiger partial charge in [0.25, 0.3) is 0 Å². The molecule has 3 rings (SSSR count). The van der Waals surface area contributed by atoms with E-state index in [1.54, 1.807) is 18.0 Å². The van der Waals surface area contributed by atoms with E-state index in [0.717, 1.165) is 22.6 Å². The van der Waals surface area contributed by atoms with Crippen molar-refractivity contribution in [1.82, 2.24) is 0 Å². The summed E-state index contributed by atoms with van der Waals surface area (Å²) in [6.45, 7) is 0.537. The van der Waals surface area contributed by atoms with Crippen LogP contribution in [-0.4, -0.2) is 36.2 Å². The number of nitrogens with zero attached hydrogens (tertiary/aromatic N) is 3. The van der Waals surface area contributed by atoms with Crippen LogP contribution in [0.3, 0.4) is 0 Å². The van der Waals surface area contributed by atoms with Gasteiger partial charge in [0, 0.05) is 5.56 Å². The topological polar surface area (TPSA) is 63.0 Å². The zero-order valence-electron chi connectivity index (χ0n) is 12.3. The van der Waals surface area contributed by atoms with Crippen LogP contribution in [0.1, 0.15) is 11.1 Å². The number of methoxy groups -OCH3 is 1. The normalized spacial score (nSPS) is 14.5. The average Bonchev–Trinajstić information content (AvgIpc) is 2.95. The molecule has 0 bridgehead atoms. The zero-order valence-corrected chi connectivity index (χ0v) is 12.3. The van der Waals surface area contributed by atoms with E-state index < -0.39 is 0 Å². The Morgan fingerprint density at radius 1 is 1.14 bits per heavy atom. The predicted molar refractivity (Wildman–Crippen MR) is 87.9 cm³/mol. The fourth-order valence-electron chi connectivity index (χ4n) is 2.22. The van der Waals surface area contributed by atoms with Crippen molar-refractivity contribution in [3.63, 3.8) is 0 Å². The molecule has 0 atom stereocenters. The van der Waals surface area contributed by atoms with Crippen LogP contribution >= 0.6 is 0 Å². The molecule has 2 aromatic rings. The summed E-state index contributed by atoms with van der Waals surface area (Å²) in [4.78, 5) is 4.26. The molecule has 0 radical (unpaired) electrons. The highest BCUT2D eigenvalue weighted by atomic mass is 16.5. The summed E-state index contributed by atoms with van der Waals surface area (Å²) >= 11 is 0. The molecule has 0 spiro atoms. The van der Waals surface area contributed by atoms with E-state index in [2.05, 4.69) is 10.1 Å². The van der Waals surface area contributed by atoms with Crippen molar-refractivity contribution in [2.75, 3.05) is 13.7 Å². The Kier molecular flexibility index (Phi) is 3.96. The van der Waals surface area contributed by atoms with Gasteiger partial charge in [-0.05, 0) is 29.8 Å². The van der Waals surface area contributed by atoms with Crippen LogP contribution in [0.5, 0.6) is 5.75 Å². The smallest absolute Gasteiger partial charge is 0.409 e. The number of hydrazone groups is 1. The van der Waals surface area contributed by atoms with Crippen molar-refractivity contribution in [3.8, 4) is 5.75 Å². The van der Waals surface area contributed by atoms with Gasteiger partial charge in [-0.2, -0.15) is 0 Å². The van der Waals surface area contributed by atoms with Crippen molar-refractivity contribution >= 4 is 17.9 Å². The van der Waals surface area contributed by atoms with Gasteiger partial charge in [-0.1, -0.05) is 30.3 Å². The first-order valence-electron chi connectivity index (χ1n) is 6.97. The third-order valence-corrected chi connectivity index (χ3v) is 3.41. The Balaban J connectivity index is 1.90. The number of benzene rings is 2. The van der Waals surface area contributed by atoms with Crippen LogP contribution in [0.4, 0.5) is 0 Å². The van der Waals surface area contributed by atoms with Crippen LogP contribution in [0.2, 0.25) is 0 Å². The summed E-state index contributed by atoms with van der Waals surface area (Å²) in [7, 11) is 1.64. The van der Waals surface area contributed by atoms with Gasteiger partial charge < -0.3 is 4.74 Å². The van der Waals surface area contributed by atoms with E-state index in [1.165, 1.54) is 0 Å². The number of hydrogen-bond donors (Lipinski definition) is 1. The van der Waals surface area contributed by atoms with Gasteiger partial charge in [-0.3, -0.25) is 5.73 Å². The number of ether oxygens (including phenoxy) is 1. The first-order valence-corrected chi connectivity index (χ1v) is 6.97. The lowest BCUT2D eigenvalue weighted by Gasteiger charge is -2.01. The molecule has 0 unspecified atom stereocenters. The molecule has 1 aliphatic rings. The molecule has 2 aromatic carbocycles. The second kappa shape index (κ2) is 6.22. The predicted octanol–water partition coefficient (Wildman–Crippen LogP) is 1.86. The quantitative estimate of drug-likeness (QED) is 0.691. The summed E-state index contributed by atoms with van der Waals surface area (Å²) in [6, 6.07) is 17.7. The Bertz CT molecular complexity index is 746. The van der Waals surface area contributed by atoms with E-state index >= 15 is 0 Å². The Morgan fingerprint density at radius 2 is 1.86 bits per heavy atom. The molecule has 2 N–H and O–H groups in total. The van der Waals surface area contributed by atoms with Gasteiger partial charge >= 0.3 is 5.96 Å². The maximum absolute atomic E-state index is 5.94. The monoisotopic (exact) mass is 293 g/mol. The first-order chi connectivity index (χ1) is 10.8. The molecule has 0 aliphatic carbocycles. The highest BCUT2D eigenvalue weighted by molar-refractivity contribution is 6.04. The molecule has 0 amide bonds. The van der Waals surface area contributed by atoms with Crippen molar-refractivity contribution in [1.29, 1.82) is 0 Å². The van der Waals surface area contributed by atoms with E-state index in [-0.39, 0.29) is 0 Å². The van der Waals surface area contributed by atoms with Gasteiger partial charge in [0.2, 0.25) is 0 Å². The third-order valence-electron chi connectivity index (χ3n) is 3.41. The van der Waals surface area contributed by atoms with Crippen molar-refractivity contribution < 1.29 is 9.42 Å². The molecule has 22 heavy (non-hydrogen) atoms. The summed E-state index contributed by atoms with van der Waals surface area (Å²) < 4.78 is 6.82. The van der Waals surface area contributed by atoms with Gasteiger partial charge in [-0.15, -0.1) is 14.8 Å². The lowest BCUT2D eigenvalue weighted by atomic mass is 10.1. The third kappa shape index (κ3) is 2.88. The van der Waals surface area contributed by atoms with Gasteiger partial charge in [0.05, 0.1) is 13.3 Å².